The van der Waals surface area contributed by atoms with E-state index < -0.39 is 5.91 Å². The minimum absolute atomic E-state index is 0.0470. The van der Waals surface area contributed by atoms with Crippen LogP contribution >= 0.6 is 0 Å². The summed E-state index contributed by atoms with van der Waals surface area (Å²) in [4.78, 5) is 19.9. The Labute approximate surface area is 113 Å². The van der Waals surface area contributed by atoms with Crippen molar-refractivity contribution < 1.29 is 9.18 Å². The summed E-state index contributed by atoms with van der Waals surface area (Å²) in [5.41, 5.74) is 0.793. The highest BCUT2D eigenvalue weighted by atomic mass is 19.1. The van der Waals surface area contributed by atoms with E-state index in [0.717, 1.165) is 5.56 Å². The van der Waals surface area contributed by atoms with Gasteiger partial charge in [-0.1, -0.05) is 12.1 Å². The maximum absolute atomic E-state index is 12.8. The van der Waals surface area contributed by atoms with Crippen molar-refractivity contribution in [1.29, 1.82) is 0 Å². The summed E-state index contributed by atoms with van der Waals surface area (Å²) >= 11 is 0. The quantitative estimate of drug-likeness (QED) is 0.776. The van der Waals surface area contributed by atoms with Crippen LogP contribution in [0.15, 0.2) is 42.7 Å². The van der Waals surface area contributed by atoms with Crippen LogP contribution in [0.4, 0.5) is 4.39 Å². The van der Waals surface area contributed by atoms with Crippen molar-refractivity contribution in [3.8, 4) is 0 Å². The standard InChI is InChI=1S/C13H10FN5O/c14-10-4-2-9(3-5-10)8-16-12(20)11-17-13-15-6-1-7-19(13)18-11/h1-7H,8H2,(H,16,20). The summed E-state index contributed by atoms with van der Waals surface area (Å²) < 4.78 is 14.2. The molecule has 0 radical (unpaired) electrons. The van der Waals surface area contributed by atoms with Crippen LogP contribution in [0.25, 0.3) is 5.78 Å². The van der Waals surface area contributed by atoms with E-state index >= 15 is 0 Å². The highest BCUT2D eigenvalue weighted by Gasteiger charge is 2.12. The number of aromatic nitrogens is 4. The molecule has 0 aliphatic carbocycles. The van der Waals surface area contributed by atoms with Gasteiger partial charge < -0.3 is 5.32 Å². The van der Waals surface area contributed by atoms with Gasteiger partial charge in [0.25, 0.3) is 11.7 Å². The second kappa shape index (κ2) is 5.04. The number of carbonyl (C=O) groups is 1. The molecule has 0 fully saturated rings. The maximum atomic E-state index is 12.8. The molecule has 0 atom stereocenters. The average molecular weight is 271 g/mol. The maximum Gasteiger partial charge on any atom is 0.291 e. The Hall–Kier alpha value is -2.83. The Kier molecular flexibility index (Phi) is 3.08. The number of hydrogen-bond donors (Lipinski definition) is 1. The van der Waals surface area contributed by atoms with Crippen LogP contribution in [-0.4, -0.2) is 25.5 Å². The molecule has 1 amide bonds. The Morgan fingerprint density at radius 2 is 2.10 bits per heavy atom. The van der Waals surface area contributed by atoms with Gasteiger partial charge in [0.15, 0.2) is 0 Å². The largest absolute Gasteiger partial charge is 0.345 e. The molecule has 0 bridgehead atoms. The Bertz CT molecular complexity index is 720. The summed E-state index contributed by atoms with van der Waals surface area (Å²) in [6.07, 6.45) is 3.23. The van der Waals surface area contributed by atoms with E-state index in [-0.39, 0.29) is 18.2 Å². The molecule has 1 N–H and O–H groups in total. The molecule has 20 heavy (non-hydrogen) atoms. The van der Waals surface area contributed by atoms with Gasteiger partial charge in [0.1, 0.15) is 5.82 Å². The van der Waals surface area contributed by atoms with E-state index in [1.807, 2.05) is 0 Å². The van der Waals surface area contributed by atoms with Crippen LogP contribution in [-0.2, 0) is 6.54 Å². The fraction of sp³-hybridized carbons (Fsp3) is 0.0769. The van der Waals surface area contributed by atoms with Crippen LogP contribution in [0, 0.1) is 5.82 Å². The predicted molar refractivity (Wildman–Crippen MR) is 68.4 cm³/mol. The third-order valence-corrected chi connectivity index (χ3v) is 2.69. The zero-order chi connectivity index (χ0) is 13.9. The van der Waals surface area contributed by atoms with E-state index in [2.05, 4.69) is 20.4 Å². The molecule has 0 saturated heterocycles. The first-order chi connectivity index (χ1) is 9.72. The van der Waals surface area contributed by atoms with E-state index in [1.165, 1.54) is 16.6 Å². The van der Waals surface area contributed by atoms with E-state index in [0.29, 0.717) is 5.78 Å². The third kappa shape index (κ3) is 2.46. The van der Waals surface area contributed by atoms with Crippen molar-refractivity contribution in [3.05, 3.63) is 59.9 Å². The van der Waals surface area contributed by atoms with Gasteiger partial charge in [-0.15, -0.1) is 5.10 Å². The zero-order valence-corrected chi connectivity index (χ0v) is 10.3. The first kappa shape index (κ1) is 12.2. The topological polar surface area (TPSA) is 72.2 Å². The predicted octanol–water partition coefficient (Wildman–Crippen LogP) is 1.19. The van der Waals surface area contributed by atoms with Crippen LogP contribution in [0.1, 0.15) is 16.2 Å². The highest BCUT2D eigenvalue weighted by molar-refractivity contribution is 5.90. The van der Waals surface area contributed by atoms with Gasteiger partial charge >= 0.3 is 0 Å². The number of amides is 1. The highest BCUT2D eigenvalue weighted by Crippen LogP contribution is 2.03. The van der Waals surface area contributed by atoms with Gasteiger partial charge in [-0.25, -0.2) is 13.9 Å². The lowest BCUT2D eigenvalue weighted by atomic mass is 10.2. The number of halogens is 1. The van der Waals surface area contributed by atoms with Gasteiger partial charge in [-0.05, 0) is 23.8 Å². The van der Waals surface area contributed by atoms with Crippen molar-refractivity contribution in [2.24, 2.45) is 0 Å². The number of hydrogen-bond acceptors (Lipinski definition) is 4. The molecule has 7 heteroatoms. The fourth-order valence-electron chi connectivity index (χ4n) is 1.69. The van der Waals surface area contributed by atoms with Crippen LogP contribution < -0.4 is 5.32 Å². The smallest absolute Gasteiger partial charge is 0.291 e. The van der Waals surface area contributed by atoms with Crippen LogP contribution in [0.3, 0.4) is 0 Å². The lowest BCUT2D eigenvalue weighted by molar-refractivity contribution is 0.0940. The van der Waals surface area contributed by atoms with E-state index in [4.69, 9.17) is 0 Å². The summed E-state index contributed by atoms with van der Waals surface area (Å²) in [5, 5.41) is 6.68. The van der Waals surface area contributed by atoms with E-state index in [9.17, 15) is 9.18 Å². The molecule has 2 heterocycles. The van der Waals surface area contributed by atoms with Crippen molar-refractivity contribution in [2.75, 3.05) is 0 Å². The number of carbonyl (C=O) groups excluding carboxylic acids is 1. The monoisotopic (exact) mass is 271 g/mol. The van der Waals surface area contributed by atoms with Gasteiger partial charge in [0.2, 0.25) is 5.82 Å². The van der Waals surface area contributed by atoms with Crippen molar-refractivity contribution in [1.82, 2.24) is 24.9 Å². The molecule has 0 saturated carbocycles. The normalized spacial score (nSPS) is 10.7. The Morgan fingerprint density at radius 3 is 2.85 bits per heavy atom. The number of nitrogens with one attached hydrogen (secondary N) is 1. The van der Waals surface area contributed by atoms with Crippen LogP contribution in [0.2, 0.25) is 0 Å². The summed E-state index contributed by atoms with van der Waals surface area (Å²) in [7, 11) is 0. The van der Waals surface area contributed by atoms with Crippen LogP contribution in [0.5, 0.6) is 0 Å². The van der Waals surface area contributed by atoms with Crippen molar-refractivity contribution in [3.63, 3.8) is 0 Å². The molecule has 0 unspecified atom stereocenters. The Morgan fingerprint density at radius 1 is 1.30 bits per heavy atom. The molecule has 3 aromatic rings. The summed E-state index contributed by atoms with van der Waals surface area (Å²) in [5.74, 6) is -0.307. The molecule has 0 spiro atoms. The number of benzene rings is 1. The van der Waals surface area contributed by atoms with Crippen molar-refractivity contribution in [2.45, 2.75) is 6.54 Å². The lowest BCUT2D eigenvalue weighted by Crippen LogP contribution is -2.24. The molecular formula is C13H10FN5O. The summed E-state index contributed by atoms with van der Waals surface area (Å²) in [6, 6.07) is 7.59. The molecular weight excluding hydrogens is 261 g/mol. The first-order valence-electron chi connectivity index (χ1n) is 5.92. The number of nitrogens with zero attached hydrogens (tertiary/aromatic N) is 4. The molecule has 3 rings (SSSR count). The molecule has 2 aromatic heterocycles. The van der Waals surface area contributed by atoms with Gasteiger partial charge in [0.05, 0.1) is 0 Å². The minimum atomic E-state index is -0.403. The summed E-state index contributed by atoms with van der Waals surface area (Å²) in [6.45, 7) is 0.280. The van der Waals surface area contributed by atoms with Crippen molar-refractivity contribution >= 4 is 11.7 Å². The lowest BCUT2D eigenvalue weighted by Gasteiger charge is -2.02. The third-order valence-electron chi connectivity index (χ3n) is 2.69. The SMILES string of the molecule is O=C(NCc1ccc(F)cc1)c1nc2ncccn2n1. The molecule has 1 aromatic carbocycles. The molecule has 6 nitrogen and oxygen atoms in total. The molecule has 0 aliphatic rings. The minimum Gasteiger partial charge on any atom is -0.345 e. The Balaban J connectivity index is 1.71. The zero-order valence-electron chi connectivity index (χ0n) is 10.3. The second-order valence-electron chi connectivity index (χ2n) is 4.11. The second-order valence-corrected chi connectivity index (χ2v) is 4.11. The average Bonchev–Trinajstić information content (AvgIpc) is 2.90. The number of rotatable bonds is 3. The van der Waals surface area contributed by atoms with Gasteiger partial charge in [0, 0.05) is 18.9 Å². The van der Waals surface area contributed by atoms with Gasteiger partial charge in [-0.3, -0.25) is 4.79 Å². The van der Waals surface area contributed by atoms with Gasteiger partial charge in [-0.2, -0.15) is 4.98 Å². The molecule has 0 aliphatic heterocycles. The molecule has 100 valence electrons. The first-order valence-corrected chi connectivity index (χ1v) is 5.92. The number of fused-ring (bicyclic) bond motifs is 1. The van der Waals surface area contributed by atoms with E-state index in [1.54, 1.807) is 30.6 Å². The fourth-order valence-corrected chi connectivity index (χ4v) is 1.69.